The first kappa shape index (κ1) is 14.5. The minimum absolute atomic E-state index is 0.115. The van der Waals surface area contributed by atoms with E-state index < -0.39 is 0 Å². The second-order valence-electron chi connectivity index (χ2n) is 5.77. The van der Waals surface area contributed by atoms with Crippen LogP contribution in [0.2, 0.25) is 0 Å². The Hall–Kier alpha value is -0.530. The molecule has 1 aliphatic rings. The molecule has 0 aromatic carbocycles. The molecule has 2 nitrogen and oxygen atoms in total. The maximum atomic E-state index is 11.6. The van der Waals surface area contributed by atoms with Gasteiger partial charge in [0, 0.05) is 12.5 Å². The van der Waals surface area contributed by atoms with Crippen LogP contribution in [0.5, 0.6) is 0 Å². The van der Waals surface area contributed by atoms with Gasteiger partial charge in [0.2, 0.25) is 5.91 Å². The molecule has 1 rings (SSSR count). The summed E-state index contributed by atoms with van der Waals surface area (Å²) in [5, 5.41) is 3.00. The van der Waals surface area contributed by atoms with E-state index in [0.717, 1.165) is 13.0 Å². The van der Waals surface area contributed by atoms with Gasteiger partial charge in [-0.3, -0.25) is 4.79 Å². The highest BCUT2D eigenvalue weighted by molar-refractivity contribution is 5.79. The maximum absolute atomic E-state index is 11.6. The lowest BCUT2D eigenvalue weighted by Crippen LogP contribution is -2.34. The van der Waals surface area contributed by atoms with Crippen LogP contribution in [0.15, 0.2) is 0 Å². The SMILES string of the molecule is CC.CC1C(=O)NCC(C)(C)CC1(C)C. The molecule has 0 bridgehead atoms. The number of nitrogens with one attached hydrogen (secondary N) is 1. The molecule has 1 atom stereocenters. The van der Waals surface area contributed by atoms with Gasteiger partial charge in [-0.15, -0.1) is 0 Å². The van der Waals surface area contributed by atoms with Crippen molar-refractivity contribution in [3.63, 3.8) is 0 Å². The Bertz CT molecular complexity index is 219. The number of carbonyl (C=O) groups is 1. The van der Waals surface area contributed by atoms with Crippen LogP contribution in [0.4, 0.5) is 0 Å². The van der Waals surface area contributed by atoms with Gasteiger partial charge in [0.1, 0.15) is 0 Å². The summed E-state index contributed by atoms with van der Waals surface area (Å²) >= 11 is 0. The predicted octanol–water partition coefficient (Wildman–Crippen LogP) is 3.22. The maximum Gasteiger partial charge on any atom is 0.223 e. The number of rotatable bonds is 0. The Morgan fingerprint density at radius 1 is 1.20 bits per heavy atom. The molecule has 0 aromatic rings. The van der Waals surface area contributed by atoms with Gasteiger partial charge in [0.15, 0.2) is 0 Å². The van der Waals surface area contributed by atoms with Crippen molar-refractivity contribution in [2.45, 2.75) is 54.9 Å². The molecular formula is C13H27NO. The molecule has 1 aliphatic heterocycles. The summed E-state index contributed by atoms with van der Waals surface area (Å²) in [4.78, 5) is 11.6. The van der Waals surface area contributed by atoms with E-state index >= 15 is 0 Å². The van der Waals surface area contributed by atoms with Crippen LogP contribution in [-0.2, 0) is 4.79 Å². The van der Waals surface area contributed by atoms with Gasteiger partial charge < -0.3 is 5.32 Å². The van der Waals surface area contributed by atoms with Crippen molar-refractivity contribution < 1.29 is 4.79 Å². The van der Waals surface area contributed by atoms with Crippen LogP contribution in [0.1, 0.15) is 54.9 Å². The molecule has 1 amide bonds. The summed E-state index contributed by atoms with van der Waals surface area (Å²) in [5.74, 6) is 0.324. The van der Waals surface area contributed by atoms with Crippen molar-refractivity contribution in [3.8, 4) is 0 Å². The summed E-state index contributed by atoms with van der Waals surface area (Å²) in [7, 11) is 0. The second-order valence-corrected chi connectivity index (χ2v) is 5.77. The van der Waals surface area contributed by atoms with Gasteiger partial charge in [0.05, 0.1) is 0 Å². The second kappa shape index (κ2) is 5.00. The summed E-state index contributed by atoms with van der Waals surface area (Å²) in [6, 6.07) is 0. The minimum atomic E-state index is 0.115. The third-order valence-corrected chi connectivity index (χ3v) is 3.24. The van der Waals surface area contributed by atoms with Crippen molar-refractivity contribution in [2.24, 2.45) is 16.7 Å². The first-order chi connectivity index (χ1) is 6.75. The van der Waals surface area contributed by atoms with Crippen molar-refractivity contribution in [1.29, 1.82) is 0 Å². The van der Waals surface area contributed by atoms with E-state index in [-0.39, 0.29) is 22.7 Å². The summed E-state index contributed by atoms with van der Waals surface area (Å²) in [6.45, 7) is 15.6. The van der Waals surface area contributed by atoms with E-state index in [2.05, 4.69) is 33.0 Å². The van der Waals surface area contributed by atoms with Crippen molar-refractivity contribution in [1.82, 2.24) is 5.32 Å². The number of carbonyl (C=O) groups excluding carboxylic acids is 1. The lowest BCUT2D eigenvalue weighted by Gasteiger charge is -2.33. The van der Waals surface area contributed by atoms with Gasteiger partial charge in [0.25, 0.3) is 0 Å². The van der Waals surface area contributed by atoms with Crippen LogP contribution in [0, 0.1) is 16.7 Å². The average molecular weight is 213 g/mol. The quantitative estimate of drug-likeness (QED) is 0.657. The molecule has 0 aliphatic carbocycles. The fourth-order valence-corrected chi connectivity index (χ4v) is 2.28. The highest BCUT2D eigenvalue weighted by Crippen LogP contribution is 2.40. The fraction of sp³-hybridized carbons (Fsp3) is 0.923. The molecule has 2 heteroatoms. The van der Waals surface area contributed by atoms with Gasteiger partial charge in [-0.2, -0.15) is 0 Å². The van der Waals surface area contributed by atoms with E-state index in [1.807, 2.05) is 20.8 Å². The molecular weight excluding hydrogens is 186 g/mol. The molecule has 15 heavy (non-hydrogen) atoms. The largest absolute Gasteiger partial charge is 0.355 e. The first-order valence-corrected chi connectivity index (χ1v) is 6.02. The lowest BCUT2D eigenvalue weighted by atomic mass is 9.70. The Morgan fingerprint density at radius 3 is 2.13 bits per heavy atom. The van der Waals surface area contributed by atoms with Crippen molar-refractivity contribution in [2.75, 3.05) is 6.54 Å². The number of hydrogen-bond donors (Lipinski definition) is 1. The zero-order valence-corrected chi connectivity index (χ0v) is 11.4. The van der Waals surface area contributed by atoms with E-state index in [1.54, 1.807) is 0 Å². The number of hydrogen-bond acceptors (Lipinski definition) is 1. The Kier molecular flexibility index (Phi) is 4.82. The van der Waals surface area contributed by atoms with Crippen LogP contribution >= 0.6 is 0 Å². The minimum Gasteiger partial charge on any atom is -0.355 e. The third-order valence-electron chi connectivity index (χ3n) is 3.24. The molecule has 0 radical (unpaired) electrons. The van der Waals surface area contributed by atoms with Gasteiger partial charge in [-0.1, -0.05) is 48.5 Å². The molecule has 0 saturated carbocycles. The topological polar surface area (TPSA) is 29.1 Å². The van der Waals surface area contributed by atoms with Crippen LogP contribution in [0.25, 0.3) is 0 Å². The standard InChI is InChI=1S/C11H21NO.C2H6/c1-8-9(13)12-7-10(2,3)6-11(8,4)5;1-2/h8H,6-7H2,1-5H3,(H,12,13);1-2H3. The lowest BCUT2D eigenvalue weighted by molar-refractivity contribution is -0.126. The summed E-state index contributed by atoms with van der Waals surface area (Å²) in [5.41, 5.74) is 0.341. The Morgan fingerprint density at radius 2 is 1.67 bits per heavy atom. The molecule has 1 saturated heterocycles. The smallest absolute Gasteiger partial charge is 0.223 e. The molecule has 1 unspecified atom stereocenters. The first-order valence-electron chi connectivity index (χ1n) is 6.02. The van der Waals surface area contributed by atoms with Gasteiger partial charge in [-0.25, -0.2) is 0 Å². The highest BCUT2D eigenvalue weighted by Gasteiger charge is 2.39. The molecule has 0 aromatic heterocycles. The monoisotopic (exact) mass is 213 g/mol. The zero-order valence-electron chi connectivity index (χ0n) is 11.4. The summed E-state index contributed by atoms with van der Waals surface area (Å²) < 4.78 is 0. The molecule has 0 spiro atoms. The van der Waals surface area contributed by atoms with Crippen molar-refractivity contribution in [3.05, 3.63) is 0 Å². The molecule has 1 fully saturated rings. The highest BCUT2D eigenvalue weighted by atomic mass is 16.1. The predicted molar refractivity (Wildman–Crippen MR) is 65.7 cm³/mol. The molecule has 1 heterocycles. The fourth-order valence-electron chi connectivity index (χ4n) is 2.28. The average Bonchev–Trinajstić information content (AvgIpc) is 2.20. The van der Waals surface area contributed by atoms with E-state index in [9.17, 15) is 4.79 Å². The van der Waals surface area contributed by atoms with E-state index in [1.165, 1.54) is 0 Å². The van der Waals surface area contributed by atoms with Crippen molar-refractivity contribution >= 4 is 5.91 Å². The molecule has 90 valence electrons. The van der Waals surface area contributed by atoms with E-state index in [0.29, 0.717) is 0 Å². The molecule has 1 N–H and O–H groups in total. The Labute approximate surface area is 94.8 Å². The van der Waals surface area contributed by atoms with Crippen LogP contribution < -0.4 is 5.32 Å². The van der Waals surface area contributed by atoms with Crippen LogP contribution in [-0.4, -0.2) is 12.5 Å². The van der Waals surface area contributed by atoms with Crippen LogP contribution in [0.3, 0.4) is 0 Å². The normalized spacial score (nSPS) is 28.2. The number of amides is 1. The third kappa shape index (κ3) is 3.84. The Balaban J connectivity index is 0.000000921. The van der Waals surface area contributed by atoms with E-state index in [4.69, 9.17) is 0 Å². The zero-order chi connectivity index (χ0) is 12.3. The van der Waals surface area contributed by atoms with Gasteiger partial charge in [-0.05, 0) is 17.3 Å². The summed E-state index contributed by atoms with van der Waals surface area (Å²) in [6.07, 6.45) is 1.10. The van der Waals surface area contributed by atoms with Gasteiger partial charge >= 0.3 is 0 Å².